The average Bonchev–Trinajstić information content (AvgIpc) is 2.93. The third-order valence-corrected chi connectivity index (χ3v) is 4.36. The maximum atomic E-state index is 10.1. The van der Waals surface area contributed by atoms with Crippen LogP contribution in [0.1, 0.15) is 25.3 Å². The summed E-state index contributed by atoms with van der Waals surface area (Å²) in [4.78, 5) is 4.63. The van der Waals surface area contributed by atoms with Crippen LogP contribution in [0.2, 0.25) is 0 Å². The van der Waals surface area contributed by atoms with Crippen LogP contribution < -0.4 is 4.74 Å². The van der Waals surface area contributed by atoms with Gasteiger partial charge in [0.15, 0.2) is 0 Å². The van der Waals surface area contributed by atoms with Gasteiger partial charge in [-0.1, -0.05) is 19.6 Å². The number of phenols is 1. The summed E-state index contributed by atoms with van der Waals surface area (Å²) in [5, 5.41) is 10.1. The summed E-state index contributed by atoms with van der Waals surface area (Å²) in [5.74, 6) is 0.871. The van der Waals surface area contributed by atoms with Crippen molar-refractivity contribution >= 4 is 5.70 Å². The van der Waals surface area contributed by atoms with Crippen molar-refractivity contribution in [1.29, 1.82) is 0 Å². The Balaban J connectivity index is 2.13. The van der Waals surface area contributed by atoms with Gasteiger partial charge in [0.05, 0.1) is 12.7 Å². The quantitative estimate of drug-likeness (QED) is 0.874. The first-order valence-corrected chi connectivity index (χ1v) is 7.58. The molecule has 1 heterocycles. The first-order chi connectivity index (χ1) is 10.1. The van der Waals surface area contributed by atoms with Crippen LogP contribution in [0.4, 0.5) is 0 Å². The van der Waals surface area contributed by atoms with Crippen LogP contribution in [0, 0.1) is 0 Å². The Kier molecular flexibility index (Phi) is 5.12. The second kappa shape index (κ2) is 6.85. The molecule has 1 N–H and O–H groups in total. The molecule has 21 heavy (non-hydrogen) atoms. The van der Waals surface area contributed by atoms with Gasteiger partial charge in [0.2, 0.25) is 0 Å². The molecule has 1 aromatic rings. The maximum Gasteiger partial charge on any atom is 0.131 e. The largest absolute Gasteiger partial charge is 0.507 e. The SMILES string of the molecule is C=C(c1c(O)cccc1OC)N(C)CC1CCCN1CC. The van der Waals surface area contributed by atoms with E-state index in [9.17, 15) is 5.11 Å². The molecule has 0 amide bonds. The van der Waals surface area contributed by atoms with Gasteiger partial charge in [0, 0.05) is 25.3 Å². The van der Waals surface area contributed by atoms with Gasteiger partial charge in [-0.25, -0.2) is 0 Å². The predicted molar refractivity (Wildman–Crippen MR) is 86.6 cm³/mol. The minimum absolute atomic E-state index is 0.213. The van der Waals surface area contributed by atoms with Crippen LogP contribution in [-0.2, 0) is 0 Å². The van der Waals surface area contributed by atoms with Crippen LogP contribution in [-0.4, -0.2) is 54.7 Å². The van der Waals surface area contributed by atoms with E-state index in [2.05, 4.69) is 23.3 Å². The molecule has 1 saturated heterocycles. The molecule has 0 radical (unpaired) electrons. The number of nitrogens with zero attached hydrogens (tertiary/aromatic N) is 2. The summed E-state index contributed by atoms with van der Waals surface area (Å²) >= 11 is 0. The molecule has 0 aliphatic carbocycles. The highest BCUT2D eigenvalue weighted by Crippen LogP contribution is 2.34. The van der Waals surface area contributed by atoms with Gasteiger partial charge in [-0.05, 0) is 38.1 Å². The highest BCUT2D eigenvalue weighted by Gasteiger charge is 2.25. The Bertz CT molecular complexity index is 502. The summed E-state index contributed by atoms with van der Waals surface area (Å²) in [6.45, 7) is 9.55. The van der Waals surface area contributed by atoms with Gasteiger partial charge in [0.25, 0.3) is 0 Å². The number of benzene rings is 1. The summed E-state index contributed by atoms with van der Waals surface area (Å²) in [6.07, 6.45) is 2.49. The highest BCUT2D eigenvalue weighted by molar-refractivity contribution is 5.72. The Labute approximate surface area is 127 Å². The van der Waals surface area contributed by atoms with Crippen molar-refractivity contribution in [1.82, 2.24) is 9.80 Å². The molecule has 2 rings (SSSR count). The molecule has 4 heteroatoms. The fourth-order valence-corrected chi connectivity index (χ4v) is 3.12. The van der Waals surface area contributed by atoms with Crippen molar-refractivity contribution in [2.45, 2.75) is 25.8 Å². The zero-order valence-corrected chi connectivity index (χ0v) is 13.3. The summed E-state index contributed by atoms with van der Waals surface area (Å²) < 4.78 is 5.35. The molecule has 0 bridgehead atoms. The number of aromatic hydroxyl groups is 1. The average molecular weight is 290 g/mol. The Hall–Kier alpha value is -1.68. The molecular formula is C17H26N2O2. The van der Waals surface area contributed by atoms with Crippen molar-refractivity contribution in [3.05, 3.63) is 30.3 Å². The lowest BCUT2D eigenvalue weighted by molar-refractivity contribution is 0.230. The van der Waals surface area contributed by atoms with E-state index in [-0.39, 0.29) is 5.75 Å². The van der Waals surface area contributed by atoms with Crippen LogP contribution >= 0.6 is 0 Å². The van der Waals surface area contributed by atoms with Gasteiger partial charge in [-0.3, -0.25) is 4.90 Å². The van der Waals surface area contributed by atoms with Crippen LogP contribution in [0.25, 0.3) is 5.70 Å². The molecule has 0 spiro atoms. The number of hydrogen-bond donors (Lipinski definition) is 1. The van der Waals surface area contributed by atoms with Crippen molar-refractivity contribution in [2.75, 3.05) is 33.8 Å². The van der Waals surface area contributed by atoms with Crippen molar-refractivity contribution in [3.63, 3.8) is 0 Å². The Morgan fingerprint density at radius 1 is 1.52 bits per heavy atom. The first-order valence-electron chi connectivity index (χ1n) is 7.58. The number of methoxy groups -OCH3 is 1. The molecule has 1 aliphatic heterocycles. The number of likely N-dealkylation sites (N-methyl/N-ethyl adjacent to an activating group) is 2. The van der Waals surface area contributed by atoms with Gasteiger partial charge < -0.3 is 14.7 Å². The number of ether oxygens (including phenoxy) is 1. The molecule has 1 aromatic carbocycles. The van der Waals surface area contributed by atoms with E-state index in [0.29, 0.717) is 17.4 Å². The lowest BCUT2D eigenvalue weighted by Gasteiger charge is -2.30. The lowest BCUT2D eigenvalue weighted by Crippen LogP contribution is -2.38. The van der Waals surface area contributed by atoms with Crippen LogP contribution in [0.15, 0.2) is 24.8 Å². The topological polar surface area (TPSA) is 35.9 Å². The Morgan fingerprint density at radius 2 is 2.29 bits per heavy atom. The monoisotopic (exact) mass is 290 g/mol. The third kappa shape index (κ3) is 3.32. The lowest BCUT2D eigenvalue weighted by atomic mass is 10.1. The molecule has 1 fully saturated rings. The van der Waals surface area contributed by atoms with Gasteiger partial charge in [-0.2, -0.15) is 0 Å². The first kappa shape index (κ1) is 15.7. The van der Waals surface area contributed by atoms with Gasteiger partial charge >= 0.3 is 0 Å². The minimum atomic E-state index is 0.213. The second-order valence-corrected chi connectivity index (χ2v) is 5.61. The van der Waals surface area contributed by atoms with Gasteiger partial charge in [0.1, 0.15) is 11.5 Å². The molecule has 4 nitrogen and oxygen atoms in total. The molecular weight excluding hydrogens is 264 g/mol. The fourth-order valence-electron chi connectivity index (χ4n) is 3.12. The molecule has 116 valence electrons. The number of phenolic OH excluding ortho intramolecular Hbond substituents is 1. The molecule has 1 aliphatic rings. The van der Waals surface area contributed by atoms with Crippen molar-refractivity contribution < 1.29 is 9.84 Å². The summed E-state index contributed by atoms with van der Waals surface area (Å²) in [5.41, 5.74) is 1.48. The summed E-state index contributed by atoms with van der Waals surface area (Å²) in [7, 11) is 3.64. The third-order valence-electron chi connectivity index (χ3n) is 4.36. The van der Waals surface area contributed by atoms with Crippen molar-refractivity contribution in [2.24, 2.45) is 0 Å². The number of hydrogen-bond acceptors (Lipinski definition) is 4. The van der Waals surface area contributed by atoms with Crippen LogP contribution in [0.3, 0.4) is 0 Å². The van der Waals surface area contributed by atoms with Crippen molar-refractivity contribution in [3.8, 4) is 11.5 Å². The summed E-state index contributed by atoms with van der Waals surface area (Å²) in [6, 6.07) is 5.86. The maximum absolute atomic E-state index is 10.1. The fraction of sp³-hybridized carbons (Fsp3) is 0.529. The van der Waals surface area contributed by atoms with E-state index in [1.165, 1.54) is 19.4 Å². The van der Waals surface area contributed by atoms with E-state index in [4.69, 9.17) is 4.74 Å². The molecule has 1 atom stereocenters. The van der Waals surface area contributed by atoms with E-state index >= 15 is 0 Å². The van der Waals surface area contributed by atoms with E-state index < -0.39 is 0 Å². The molecule has 0 saturated carbocycles. The molecule has 0 aromatic heterocycles. The number of likely N-dealkylation sites (tertiary alicyclic amines) is 1. The predicted octanol–water partition coefficient (Wildman–Crippen LogP) is 2.79. The smallest absolute Gasteiger partial charge is 0.131 e. The van der Waals surface area contributed by atoms with Gasteiger partial charge in [-0.15, -0.1) is 0 Å². The highest BCUT2D eigenvalue weighted by atomic mass is 16.5. The normalized spacial score (nSPS) is 18.7. The molecule has 1 unspecified atom stereocenters. The van der Waals surface area contributed by atoms with E-state index in [0.717, 1.165) is 18.8 Å². The van der Waals surface area contributed by atoms with E-state index in [1.807, 2.05) is 13.1 Å². The van der Waals surface area contributed by atoms with E-state index in [1.54, 1.807) is 19.2 Å². The zero-order chi connectivity index (χ0) is 15.4. The minimum Gasteiger partial charge on any atom is -0.507 e. The Morgan fingerprint density at radius 3 is 2.95 bits per heavy atom. The zero-order valence-electron chi connectivity index (χ0n) is 13.3. The number of rotatable bonds is 6. The second-order valence-electron chi connectivity index (χ2n) is 5.61. The van der Waals surface area contributed by atoms with Crippen LogP contribution in [0.5, 0.6) is 11.5 Å². The standard InChI is InChI=1S/C17H26N2O2/c1-5-19-11-7-8-14(19)12-18(3)13(2)17-15(20)9-6-10-16(17)21-4/h6,9-10,14,20H,2,5,7-8,11-12H2,1,3-4H3.